The highest BCUT2D eigenvalue weighted by Crippen LogP contribution is 2.20. The van der Waals surface area contributed by atoms with Crippen LogP contribution in [-0.4, -0.2) is 33.8 Å². The SMILES string of the molecule is O=NN1CSC[C@@H]1C(=O)O. The summed E-state index contributed by atoms with van der Waals surface area (Å²) >= 11 is 1.39. The van der Waals surface area contributed by atoms with Gasteiger partial charge in [-0.05, 0) is 0 Å². The normalized spacial score (nSPS) is 24.8. The van der Waals surface area contributed by atoms with E-state index in [1.165, 1.54) is 11.8 Å². The van der Waals surface area contributed by atoms with Crippen LogP contribution in [0.4, 0.5) is 0 Å². The predicted octanol–water partition coefficient (Wildman–Crippen LogP) is 0.127. The Bertz CT molecular complexity index is 163. The lowest BCUT2D eigenvalue weighted by Gasteiger charge is -2.10. The lowest BCUT2D eigenvalue weighted by molar-refractivity contribution is -0.141. The van der Waals surface area contributed by atoms with Gasteiger partial charge < -0.3 is 5.11 Å². The summed E-state index contributed by atoms with van der Waals surface area (Å²) < 4.78 is 0. The Morgan fingerprint density at radius 2 is 2.50 bits per heavy atom. The molecule has 0 aliphatic carbocycles. The largest absolute Gasteiger partial charge is 0.480 e. The number of nitrogens with zero attached hydrogens (tertiary/aromatic N) is 2. The highest BCUT2D eigenvalue weighted by molar-refractivity contribution is 7.99. The van der Waals surface area contributed by atoms with Crippen molar-refractivity contribution in [1.29, 1.82) is 0 Å². The second-order valence-corrected chi connectivity index (χ2v) is 2.87. The van der Waals surface area contributed by atoms with Crippen molar-refractivity contribution in [2.45, 2.75) is 6.04 Å². The summed E-state index contributed by atoms with van der Waals surface area (Å²) in [6, 6.07) is -0.720. The molecule has 1 saturated heterocycles. The summed E-state index contributed by atoms with van der Waals surface area (Å²) in [5.41, 5.74) is 0. The number of thioether (sulfide) groups is 1. The second kappa shape index (κ2) is 2.87. The number of carboxylic acid groups (broad SMARTS) is 1. The van der Waals surface area contributed by atoms with Gasteiger partial charge in [-0.3, -0.25) is 0 Å². The third-order valence-corrected chi connectivity index (χ3v) is 2.25. The molecule has 6 heteroatoms. The van der Waals surface area contributed by atoms with Crippen molar-refractivity contribution in [3.05, 3.63) is 4.91 Å². The highest BCUT2D eigenvalue weighted by Gasteiger charge is 2.30. The van der Waals surface area contributed by atoms with Crippen molar-refractivity contribution >= 4 is 17.7 Å². The quantitative estimate of drug-likeness (QED) is 0.584. The van der Waals surface area contributed by atoms with E-state index < -0.39 is 12.0 Å². The van der Waals surface area contributed by atoms with Gasteiger partial charge in [0.2, 0.25) is 0 Å². The van der Waals surface area contributed by atoms with Crippen LogP contribution in [0.25, 0.3) is 0 Å². The fraction of sp³-hybridized carbons (Fsp3) is 0.750. The van der Waals surface area contributed by atoms with E-state index in [1.807, 2.05) is 0 Å². The minimum absolute atomic E-state index is 0.389. The molecule has 0 amide bonds. The zero-order valence-corrected chi connectivity index (χ0v) is 5.87. The van der Waals surface area contributed by atoms with E-state index in [4.69, 9.17) is 5.11 Å². The number of carboxylic acids is 1. The van der Waals surface area contributed by atoms with Crippen LogP contribution in [0, 0.1) is 4.91 Å². The number of aliphatic carboxylic acids is 1. The van der Waals surface area contributed by atoms with Crippen molar-refractivity contribution in [3.8, 4) is 0 Å². The molecule has 0 unspecified atom stereocenters. The van der Waals surface area contributed by atoms with Crippen LogP contribution in [0.5, 0.6) is 0 Å². The maximum Gasteiger partial charge on any atom is 0.329 e. The third-order valence-electron chi connectivity index (χ3n) is 1.25. The Morgan fingerprint density at radius 1 is 1.80 bits per heavy atom. The predicted molar refractivity (Wildman–Crippen MR) is 36.4 cm³/mol. The lowest BCUT2D eigenvalue weighted by Crippen LogP contribution is -2.33. The van der Waals surface area contributed by atoms with Gasteiger partial charge in [0.05, 0.1) is 11.2 Å². The number of hydrogen-bond acceptors (Lipinski definition) is 4. The molecule has 0 aromatic heterocycles. The van der Waals surface area contributed by atoms with E-state index in [2.05, 4.69) is 5.29 Å². The number of rotatable bonds is 2. The van der Waals surface area contributed by atoms with Gasteiger partial charge in [-0.1, -0.05) is 0 Å². The molecule has 0 spiro atoms. The first kappa shape index (κ1) is 7.33. The summed E-state index contributed by atoms with van der Waals surface area (Å²) in [6.45, 7) is 0. The molecule has 0 aromatic rings. The van der Waals surface area contributed by atoms with Crippen LogP contribution < -0.4 is 0 Å². The van der Waals surface area contributed by atoms with Gasteiger partial charge in [0.15, 0.2) is 6.04 Å². The molecule has 5 nitrogen and oxygen atoms in total. The number of carbonyl (C=O) groups is 1. The van der Waals surface area contributed by atoms with Gasteiger partial charge in [-0.15, -0.1) is 16.7 Å². The molecule has 0 bridgehead atoms. The Hall–Kier alpha value is -0.780. The zero-order chi connectivity index (χ0) is 7.56. The van der Waals surface area contributed by atoms with E-state index >= 15 is 0 Å². The third kappa shape index (κ3) is 1.21. The first-order valence-corrected chi connectivity index (χ1v) is 3.81. The van der Waals surface area contributed by atoms with Crippen molar-refractivity contribution in [3.63, 3.8) is 0 Å². The molecule has 1 N–H and O–H groups in total. The fourth-order valence-corrected chi connectivity index (χ4v) is 1.77. The van der Waals surface area contributed by atoms with Crippen molar-refractivity contribution in [2.24, 2.45) is 5.29 Å². The summed E-state index contributed by atoms with van der Waals surface area (Å²) in [5, 5.41) is 12.1. The van der Waals surface area contributed by atoms with Gasteiger partial charge in [-0.2, -0.15) is 0 Å². The molecular formula is C4H6N2O3S. The van der Waals surface area contributed by atoms with Gasteiger partial charge in [0, 0.05) is 5.75 Å². The monoisotopic (exact) mass is 162 g/mol. The molecule has 56 valence electrons. The summed E-state index contributed by atoms with van der Waals surface area (Å²) in [4.78, 5) is 20.2. The number of hydrogen-bond donors (Lipinski definition) is 1. The van der Waals surface area contributed by atoms with Crippen molar-refractivity contribution in [1.82, 2.24) is 5.01 Å². The zero-order valence-electron chi connectivity index (χ0n) is 5.06. The molecule has 1 rings (SSSR count). The first-order chi connectivity index (χ1) is 4.75. The van der Waals surface area contributed by atoms with Crippen LogP contribution in [-0.2, 0) is 4.79 Å². The van der Waals surface area contributed by atoms with E-state index in [0.29, 0.717) is 11.6 Å². The summed E-state index contributed by atoms with van der Waals surface area (Å²) in [5.74, 6) is -0.147. The number of nitroso groups, excluding NO2 is 1. The second-order valence-electron chi connectivity index (χ2n) is 1.88. The standard InChI is InChI=1S/C4H6N2O3S/c7-4(8)3-1-10-2-6(3)5-9/h3H,1-2H2,(H,7,8)/t3-/m1/s1. The Labute approximate surface area is 61.3 Å². The van der Waals surface area contributed by atoms with Gasteiger partial charge in [0.1, 0.15) is 0 Å². The van der Waals surface area contributed by atoms with Gasteiger partial charge in [0.25, 0.3) is 0 Å². The van der Waals surface area contributed by atoms with Crippen molar-refractivity contribution < 1.29 is 9.90 Å². The average Bonchev–Trinajstić information content (AvgIpc) is 2.33. The molecule has 1 aliphatic heterocycles. The molecule has 1 atom stereocenters. The van der Waals surface area contributed by atoms with E-state index in [-0.39, 0.29) is 0 Å². The van der Waals surface area contributed by atoms with Crippen molar-refractivity contribution in [2.75, 3.05) is 11.6 Å². The molecule has 0 radical (unpaired) electrons. The van der Waals surface area contributed by atoms with Crippen LogP contribution in [0.3, 0.4) is 0 Å². The molecule has 10 heavy (non-hydrogen) atoms. The Morgan fingerprint density at radius 3 is 2.90 bits per heavy atom. The topological polar surface area (TPSA) is 70.0 Å². The van der Waals surface area contributed by atoms with Crippen LogP contribution >= 0.6 is 11.8 Å². The van der Waals surface area contributed by atoms with E-state index in [0.717, 1.165) is 5.01 Å². The maximum atomic E-state index is 10.3. The summed E-state index contributed by atoms with van der Waals surface area (Å²) in [6.07, 6.45) is 0. The highest BCUT2D eigenvalue weighted by atomic mass is 32.2. The smallest absolute Gasteiger partial charge is 0.329 e. The molecule has 0 aromatic carbocycles. The van der Waals surface area contributed by atoms with Gasteiger partial charge >= 0.3 is 5.97 Å². The Kier molecular flexibility index (Phi) is 2.10. The fourth-order valence-electron chi connectivity index (χ4n) is 0.713. The van der Waals surface area contributed by atoms with Crippen LogP contribution in [0.1, 0.15) is 0 Å². The van der Waals surface area contributed by atoms with Gasteiger partial charge in [-0.25, -0.2) is 9.80 Å². The average molecular weight is 162 g/mol. The van der Waals surface area contributed by atoms with E-state index in [1.54, 1.807) is 0 Å². The maximum absolute atomic E-state index is 10.3. The first-order valence-electron chi connectivity index (χ1n) is 2.66. The minimum atomic E-state index is -0.982. The molecule has 1 aliphatic rings. The minimum Gasteiger partial charge on any atom is -0.480 e. The molecular weight excluding hydrogens is 156 g/mol. The molecule has 0 saturated carbocycles. The molecule has 1 heterocycles. The molecule has 1 fully saturated rings. The van der Waals surface area contributed by atoms with E-state index in [9.17, 15) is 9.70 Å². The Balaban J connectivity index is 2.58. The summed E-state index contributed by atoms with van der Waals surface area (Å²) in [7, 11) is 0. The van der Waals surface area contributed by atoms with Crippen LogP contribution in [0.15, 0.2) is 5.29 Å². The van der Waals surface area contributed by atoms with Crippen LogP contribution in [0.2, 0.25) is 0 Å². The lowest BCUT2D eigenvalue weighted by atomic mass is 10.3.